The molecule has 112 valence electrons. The molecule has 0 aliphatic carbocycles. The standard InChI is InChI=1S/C11H16O3S.2C2H6/c1-3-10(12)8-4-5-11(14-15)9(6-8)7-13-2;2*1-2/h4-6,10,12,15H,3,7H2,1-2H3;2*1-2H3. The molecule has 1 aromatic rings. The van der Waals surface area contributed by atoms with Crippen molar-refractivity contribution in [3.63, 3.8) is 0 Å². The van der Waals surface area contributed by atoms with Gasteiger partial charge in [-0.25, -0.2) is 0 Å². The Morgan fingerprint density at radius 1 is 1.21 bits per heavy atom. The van der Waals surface area contributed by atoms with Gasteiger partial charge in [0, 0.05) is 25.6 Å². The van der Waals surface area contributed by atoms with Crippen LogP contribution in [0.5, 0.6) is 5.75 Å². The van der Waals surface area contributed by atoms with Crippen LogP contribution in [0.4, 0.5) is 0 Å². The van der Waals surface area contributed by atoms with Crippen LogP contribution in [0.2, 0.25) is 0 Å². The van der Waals surface area contributed by atoms with Crippen molar-refractivity contribution in [2.75, 3.05) is 7.11 Å². The molecule has 0 spiro atoms. The van der Waals surface area contributed by atoms with Crippen LogP contribution < -0.4 is 4.18 Å². The van der Waals surface area contributed by atoms with Crippen LogP contribution in [0.15, 0.2) is 18.2 Å². The molecule has 1 atom stereocenters. The fourth-order valence-electron chi connectivity index (χ4n) is 1.40. The maximum absolute atomic E-state index is 9.68. The van der Waals surface area contributed by atoms with Crippen LogP contribution in [-0.4, -0.2) is 12.2 Å². The van der Waals surface area contributed by atoms with Gasteiger partial charge in [0.25, 0.3) is 0 Å². The van der Waals surface area contributed by atoms with Crippen LogP contribution >= 0.6 is 12.9 Å². The van der Waals surface area contributed by atoms with E-state index in [1.54, 1.807) is 13.2 Å². The van der Waals surface area contributed by atoms with E-state index in [1.807, 2.05) is 46.8 Å². The van der Waals surface area contributed by atoms with Gasteiger partial charge in [-0.2, -0.15) is 0 Å². The van der Waals surface area contributed by atoms with Crippen molar-refractivity contribution in [2.24, 2.45) is 0 Å². The Morgan fingerprint density at radius 2 is 1.79 bits per heavy atom. The molecule has 0 amide bonds. The minimum Gasteiger partial charge on any atom is -0.429 e. The van der Waals surface area contributed by atoms with Gasteiger partial charge >= 0.3 is 0 Å². The first-order valence-corrected chi connectivity index (χ1v) is 7.20. The van der Waals surface area contributed by atoms with Crippen LogP contribution in [-0.2, 0) is 11.3 Å². The SMILES string of the molecule is CC.CC.CCC(O)c1ccc(OS)c(COC)c1. The van der Waals surface area contributed by atoms with Crippen LogP contribution in [0, 0.1) is 0 Å². The number of aliphatic hydroxyl groups excluding tert-OH is 1. The summed E-state index contributed by atoms with van der Waals surface area (Å²) >= 11 is 3.76. The molecule has 0 radical (unpaired) electrons. The zero-order valence-corrected chi connectivity index (χ0v) is 13.8. The van der Waals surface area contributed by atoms with E-state index in [0.29, 0.717) is 18.8 Å². The van der Waals surface area contributed by atoms with E-state index in [2.05, 4.69) is 12.9 Å². The number of rotatable bonds is 5. The predicted molar refractivity (Wildman–Crippen MR) is 84.7 cm³/mol. The molecule has 0 bridgehead atoms. The van der Waals surface area contributed by atoms with Gasteiger partial charge in [0.15, 0.2) is 0 Å². The van der Waals surface area contributed by atoms with Crippen molar-refractivity contribution >= 4 is 12.9 Å². The molecule has 0 fully saturated rings. The molecule has 0 aliphatic heterocycles. The fraction of sp³-hybridized carbons (Fsp3) is 0.600. The molecule has 1 N–H and O–H groups in total. The van der Waals surface area contributed by atoms with Gasteiger partial charge in [-0.1, -0.05) is 40.7 Å². The first-order valence-electron chi connectivity index (χ1n) is 6.84. The molecular formula is C15H28O3S. The predicted octanol–water partition coefficient (Wildman–Crippen LogP) is 4.55. The minimum atomic E-state index is -0.436. The number of hydrogen-bond donors (Lipinski definition) is 2. The van der Waals surface area contributed by atoms with Gasteiger partial charge < -0.3 is 14.0 Å². The first-order chi connectivity index (χ1) is 9.22. The lowest BCUT2D eigenvalue weighted by Crippen LogP contribution is -1.98. The quantitative estimate of drug-likeness (QED) is 0.616. The summed E-state index contributed by atoms with van der Waals surface area (Å²) in [7, 11) is 1.62. The van der Waals surface area contributed by atoms with E-state index >= 15 is 0 Å². The Balaban J connectivity index is 0. The largest absolute Gasteiger partial charge is 0.429 e. The second-order valence-corrected chi connectivity index (χ2v) is 3.50. The van der Waals surface area contributed by atoms with E-state index in [9.17, 15) is 5.11 Å². The van der Waals surface area contributed by atoms with Crippen molar-refractivity contribution in [1.82, 2.24) is 0 Å². The average molecular weight is 288 g/mol. The summed E-state index contributed by atoms with van der Waals surface area (Å²) in [5, 5.41) is 9.68. The highest BCUT2D eigenvalue weighted by Gasteiger charge is 2.09. The van der Waals surface area contributed by atoms with Crippen LogP contribution in [0.25, 0.3) is 0 Å². The van der Waals surface area contributed by atoms with Gasteiger partial charge in [0.05, 0.1) is 12.7 Å². The lowest BCUT2D eigenvalue weighted by Gasteiger charge is -2.12. The zero-order chi connectivity index (χ0) is 15.3. The first kappa shape index (κ1) is 20.6. The second-order valence-electron chi connectivity index (χ2n) is 3.32. The molecule has 0 aliphatic rings. The average Bonchev–Trinajstić information content (AvgIpc) is 2.50. The van der Waals surface area contributed by atoms with Gasteiger partial charge in [-0.3, -0.25) is 0 Å². The van der Waals surface area contributed by atoms with E-state index in [1.165, 1.54) is 0 Å². The molecule has 19 heavy (non-hydrogen) atoms. The maximum atomic E-state index is 9.68. The molecule has 0 saturated heterocycles. The van der Waals surface area contributed by atoms with Crippen LogP contribution in [0.1, 0.15) is 58.3 Å². The highest BCUT2D eigenvalue weighted by atomic mass is 32.1. The van der Waals surface area contributed by atoms with E-state index in [4.69, 9.17) is 8.92 Å². The number of ether oxygens (including phenoxy) is 1. The summed E-state index contributed by atoms with van der Waals surface area (Å²) in [6.07, 6.45) is 0.252. The Bertz CT molecular complexity index is 316. The van der Waals surface area contributed by atoms with Gasteiger partial charge in [-0.15, -0.1) is 0 Å². The minimum absolute atomic E-state index is 0.436. The number of benzene rings is 1. The lowest BCUT2D eigenvalue weighted by molar-refractivity contribution is 0.171. The van der Waals surface area contributed by atoms with E-state index in [0.717, 1.165) is 11.1 Å². The molecule has 1 aromatic carbocycles. The zero-order valence-electron chi connectivity index (χ0n) is 12.9. The molecule has 3 nitrogen and oxygen atoms in total. The third-order valence-electron chi connectivity index (χ3n) is 2.25. The van der Waals surface area contributed by atoms with Crippen molar-refractivity contribution in [1.29, 1.82) is 0 Å². The highest BCUT2D eigenvalue weighted by Crippen LogP contribution is 2.26. The van der Waals surface area contributed by atoms with Gasteiger partial charge in [-0.05, 0) is 24.1 Å². The van der Waals surface area contributed by atoms with Crippen molar-refractivity contribution in [3.8, 4) is 5.75 Å². The van der Waals surface area contributed by atoms with Crippen molar-refractivity contribution in [2.45, 2.75) is 53.8 Å². The van der Waals surface area contributed by atoms with Crippen molar-refractivity contribution in [3.05, 3.63) is 29.3 Å². The molecular weight excluding hydrogens is 260 g/mol. The summed E-state index contributed by atoms with van der Waals surface area (Å²) in [6, 6.07) is 5.50. The fourth-order valence-corrected chi connectivity index (χ4v) is 1.58. The summed E-state index contributed by atoms with van der Waals surface area (Å²) in [5.74, 6) is 0.659. The van der Waals surface area contributed by atoms with E-state index < -0.39 is 6.10 Å². The summed E-state index contributed by atoms with van der Waals surface area (Å²) in [5.41, 5.74) is 1.76. The second kappa shape index (κ2) is 13.7. The number of thiol groups is 1. The Hall–Kier alpha value is -0.710. The highest BCUT2D eigenvalue weighted by molar-refractivity contribution is 7.75. The molecule has 0 heterocycles. The Morgan fingerprint density at radius 3 is 2.21 bits per heavy atom. The number of methoxy groups -OCH3 is 1. The maximum Gasteiger partial charge on any atom is 0.142 e. The summed E-state index contributed by atoms with van der Waals surface area (Å²) < 4.78 is 9.94. The van der Waals surface area contributed by atoms with Gasteiger partial charge in [0.2, 0.25) is 0 Å². The smallest absolute Gasteiger partial charge is 0.142 e. The number of aliphatic hydroxyl groups is 1. The van der Waals surface area contributed by atoms with Crippen LogP contribution in [0.3, 0.4) is 0 Å². The third-order valence-corrected chi connectivity index (χ3v) is 2.45. The van der Waals surface area contributed by atoms with Crippen molar-refractivity contribution < 1.29 is 14.0 Å². The molecule has 1 rings (SSSR count). The lowest BCUT2D eigenvalue weighted by atomic mass is 10.0. The monoisotopic (exact) mass is 288 g/mol. The normalized spacial score (nSPS) is 10.5. The molecule has 4 heteroatoms. The summed E-state index contributed by atoms with van der Waals surface area (Å²) in [4.78, 5) is 0. The number of hydrogen-bond acceptors (Lipinski definition) is 4. The molecule has 0 saturated carbocycles. The summed E-state index contributed by atoms with van der Waals surface area (Å²) in [6.45, 7) is 10.4. The van der Waals surface area contributed by atoms with Gasteiger partial charge in [0.1, 0.15) is 5.75 Å². The Labute approximate surface area is 123 Å². The topological polar surface area (TPSA) is 38.7 Å². The Kier molecular flexibility index (Phi) is 14.9. The van der Waals surface area contributed by atoms with E-state index in [-0.39, 0.29) is 0 Å². The molecule has 1 unspecified atom stereocenters. The third kappa shape index (κ3) is 7.45. The molecule has 0 aromatic heterocycles.